The second kappa shape index (κ2) is 8.92. The molecule has 19 heavy (non-hydrogen) atoms. The molecule has 1 heterocycles. The second-order valence-electron chi connectivity index (χ2n) is 5.89. The van der Waals surface area contributed by atoms with Crippen LogP contribution in [0.1, 0.15) is 46.2 Å². The molecule has 0 saturated heterocycles. The SMILES string of the molecule is CC(C)CCCOc1ccc(CNCC(C)C)nc1. The Labute approximate surface area is 117 Å². The van der Waals surface area contributed by atoms with Gasteiger partial charge in [0.05, 0.1) is 18.5 Å². The van der Waals surface area contributed by atoms with Crippen molar-refractivity contribution in [3.05, 3.63) is 24.0 Å². The molecule has 1 aromatic heterocycles. The van der Waals surface area contributed by atoms with E-state index in [-0.39, 0.29) is 0 Å². The summed E-state index contributed by atoms with van der Waals surface area (Å²) >= 11 is 0. The first-order valence-electron chi connectivity index (χ1n) is 7.36. The Bertz CT molecular complexity index is 333. The molecule has 3 heteroatoms. The molecule has 0 atom stereocenters. The van der Waals surface area contributed by atoms with Gasteiger partial charge in [-0.15, -0.1) is 0 Å². The van der Waals surface area contributed by atoms with E-state index >= 15 is 0 Å². The predicted octanol–water partition coefficient (Wildman–Crippen LogP) is 3.64. The van der Waals surface area contributed by atoms with Gasteiger partial charge in [0.15, 0.2) is 0 Å². The molecule has 0 unspecified atom stereocenters. The van der Waals surface area contributed by atoms with Gasteiger partial charge in [-0.25, -0.2) is 0 Å². The third-order valence-electron chi connectivity index (χ3n) is 2.85. The van der Waals surface area contributed by atoms with Crippen LogP contribution in [0.15, 0.2) is 18.3 Å². The van der Waals surface area contributed by atoms with Gasteiger partial charge in [0.1, 0.15) is 5.75 Å². The molecular weight excluding hydrogens is 236 g/mol. The number of nitrogens with zero attached hydrogens (tertiary/aromatic N) is 1. The summed E-state index contributed by atoms with van der Waals surface area (Å²) in [5.41, 5.74) is 1.06. The Balaban J connectivity index is 2.23. The fourth-order valence-corrected chi connectivity index (χ4v) is 1.77. The van der Waals surface area contributed by atoms with E-state index in [4.69, 9.17) is 4.74 Å². The van der Waals surface area contributed by atoms with Crippen LogP contribution in [0.5, 0.6) is 5.75 Å². The topological polar surface area (TPSA) is 34.1 Å². The molecule has 0 bridgehead atoms. The highest BCUT2D eigenvalue weighted by molar-refractivity contribution is 5.19. The Morgan fingerprint density at radius 2 is 1.95 bits per heavy atom. The Morgan fingerprint density at radius 3 is 2.53 bits per heavy atom. The molecule has 1 N–H and O–H groups in total. The quantitative estimate of drug-likeness (QED) is 0.691. The van der Waals surface area contributed by atoms with Gasteiger partial charge in [-0.1, -0.05) is 27.7 Å². The molecule has 0 aliphatic rings. The van der Waals surface area contributed by atoms with Crippen molar-refractivity contribution in [3.8, 4) is 5.75 Å². The predicted molar refractivity (Wildman–Crippen MR) is 80.3 cm³/mol. The fraction of sp³-hybridized carbons (Fsp3) is 0.688. The summed E-state index contributed by atoms with van der Waals surface area (Å²) in [5, 5.41) is 3.38. The Morgan fingerprint density at radius 1 is 1.16 bits per heavy atom. The molecule has 0 aromatic carbocycles. The monoisotopic (exact) mass is 264 g/mol. The van der Waals surface area contributed by atoms with Crippen LogP contribution < -0.4 is 10.1 Å². The van der Waals surface area contributed by atoms with Crippen LogP contribution in [0, 0.1) is 11.8 Å². The van der Waals surface area contributed by atoms with Gasteiger partial charge in [-0.2, -0.15) is 0 Å². The zero-order valence-corrected chi connectivity index (χ0v) is 12.8. The van der Waals surface area contributed by atoms with Crippen LogP contribution in [0.25, 0.3) is 0 Å². The van der Waals surface area contributed by atoms with E-state index < -0.39 is 0 Å². The summed E-state index contributed by atoms with van der Waals surface area (Å²) in [4.78, 5) is 4.40. The molecular formula is C16H28N2O. The molecule has 0 radical (unpaired) electrons. The van der Waals surface area contributed by atoms with E-state index in [1.807, 2.05) is 18.3 Å². The van der Waals surface area contributed by atoms with Crippen LogP contribution in [-0.2, 0) is 6.54 Å². The van der Waals surface area contributed by atoms with Crippen LogP contribution >= 0.6 is 0 Å². The highest BCUT2D eigenvalue weighted by Crippen LogP contribution is 2.11. The van der Waals surface area contributed by atoms with Gasteiger partial charge < -0.3 is 10.1 Å². The third kappa shape index (κ3) is 7.83. The first-order valence-corrected chi connectivity index (χ1v) is 7.36. The van der Waals surface area contributed by atoms with Crippen LogP contribution in [0.3, 0.4) is 0 Å². The maximum atomic E-state index is 5.67. The largest absolute Gasteiger partial charge is 0.492 e. The van der Waals surface area contributed by atoms with Crippen LogP contribution in [0.4, 0.5) is 0 Å². The summed E-state index contributed by atoms with van der Waals surface area (Å²) in [6.07, 6.45) is 4.14. The number of ether oxygens (including phenoxy) is 1. The van der Waals surface area contributed by atoms with Crippen LogP contribution in [-0.4, -0.2) is 18.1 Å². The average Bonchev–Trinajstić information content (AvgIpc) is 2.36. The molecule has 0 saturated carbocycles. The molecule has 0 spiro atoms. The molecule has 1 rings (SSSR count). The van der Waals surface area contributed by atoms with Crippen molar-refractivity contribution < 1.29 is 4.74 Å². The summed E-state index contributed by atoms with van der Waals surface area (Å²) in [6.45, 7) is 11.5. The van der Waals surface area contributed by atoms with Gasteiger partial charge >= 0.3 is 0 Å². The maximum absolute atomic E-state index is 5.67. The smallest absolute Gasteiger partial charge is 0.137 e. The minimum absolute atomic E-state index is 0.670. The molecule has 1 aromatic rings. The lowest BCUT2D eigenvalue weighted by Crippen LogP contribution is -2.19. The highest BCUT2D eigenvalue weighted by Gasteiger charge is 1.99. The molecule has 0 aliphatic heterocycles. The Hall–Kier alpha value is -1.09. The van der Waals surface area contributed by atoms with E-state index in [2.05, 4.69) is 38.0 Å². The summed E-state index contributed by atoms with van der Waals surface area (Å²) < 4.78 is 5.67. The van der Waals surface area contributed by atoms with Crippen molar-refractivity contribution in [2.45, 2.75) is 47.1 Å². The van der Waals surface area contributed by atoms with Crippen LogP contribution in [0.2, 0.25) is 0 Å². The first kappa shape index (κ1) is 16.0. The van der Waals surface area contributed by atoms with Gasteiger partial charge in [-0.3, -0.25) is 4.98 Å². The number of rotatable bonds is 9. The second-order valence-corrected chi connectivity index (χ2v) is 5.89. The average molecular weight is 264 g/mol. The number of hydrogen-bond donors (Lipinski definition) is 1. The lowest BCUT2D eigenvalue weighted by atomic mass is 10.1. The lowest BCUT2D eigenvalue weighted by Gasteiger charge is -2.09. The first-order chi connectivity index (χ1) is 9.08. The van der Waals surface area contributed by atoms with E-state index in [1.54, 1.807) is 0 Å². The van der Waals surface area contributed by atoms with E-state index in [0.29, 0.717) is 5.92 Å². The van der Waals surface area contributed by atoms with Gasteiger partial charge in [0.25, 0.3) is 0 Å². The van der Waals surface area contributed by atoms with Crippen molar-refractivity contribution in [2.75, 3.05) is 13.2 Å². The molecule has 0 fully saturated rings. The van der Waals surface area contributed by atoms with Crippen molar-refractivity contribution >= 4 is 0 Å². The minimum atomic E-state index is 0.670. The van der Waals surface area contributed by atoms with Crippen molar-refractivity contribution in [1.82, 2.24) is 10.3 Å². The number of pyridine rings is 1. The zero-order chi connectivity index (χ0) is 14.1. The normalized spacial score (nSPS) is 11.3. The zero-order valence-electron chi connectivity index (χ0n) is 12.8. The number of hydrogen-bond acceptors (Lipinski definition) is 3. The van der Waals surface area contributed by atoms with E-state index in [1.165, 1.54) is 6.42 Å². The summed E-state index contributed by atoms with van der Waals surface area (Å²) in [7, 11) is 0. The third-order valence-corrected chi connectivity index (χ3v) is 2.85. The van der Waals surface area contributed by atoms with Crippen molar-refractivity contribution in [2.24, 2.45) is 11.8 Å². The summed E-state index contributed by atoms with van der Waals surface area (Å²) in [5.74, 6) is 2.29. The lowest BCUT2D eigenvalue weighted by molar-refractivity contribution is 0.296. The van der Waals surface area contributed by atoms with E-state index in [0.717, 1.165) is 43.5 Å². The fourth-order valence-electron chi connectivity index (χ4n) is 1.77. The van der Waals surface area contributed by atoms with Gasteiger partial charge in [0, 0.05) is 6.54 Å². The standard InChI is InChI=1S/C16H28N2O/c1-13(2)6-5-9-19-16-8-7-15(18-12-16)11-17-10-14(3)4/h7-8,12-14,17H,5-6,9-11H2,1-4H3. The molecule has 0 aliphatic carbocycles. The van der Waals surface area contributed by atoms with Crippen molar-refractivity contribution in [3.63, 3.8) is 0 Å². The minimum Gasteiger partial charge on any atom is -0.492 e. The highest BCUT2D eigenvalue weighted by atomic mass is 16.5. The van der Waals surface area contributed by atoms with Gasteiger partial charge in [0.2, 0.25) is 0 Å². The molecule has 108 valence electrons. The van der Waals surface area contributed by atoms with Crippen molar-refractivity contribution in [1.29, 1.82) is 0 Å². The molecule has 3 nitrogen and oxygen atoms in total. The Kier molecular flexibility index (Phi) is 7.49. The summed E-state index contributed by atoms with van der Waals surface area (Å²) in [6, 6.07) is 4.04. The van der Waals surface area contributed by atoms with E-state index in [9.17, 15) is 0 Å². The number of nitrogens with one attached hydrogen (secondary N) is 1. The maximum Gasteiger partial charge on any atom is 0.137 e. The number of aromatic nitrogens is 1. The molecule has 0 amide bonds. The van der Waals surface area contributed by atoms with Gasteiger partial charge in [-0.05, 0) is 43.4 Å².